The van der Waals surface area contributed by atoms with Gasteiger partial charge >= 0.3 is 0 Å². The van der Waals surface area contributed by atoms with Crippen LogP contribution in [0, 0.1) is 19.8 Å². The van der Waals surface area contributed by atoms with Gasteiger partial charge in [0.05, 0.1) is 6.61 Å². The molecule has 0 aliphatic carbocycles. The summed E-state index contributed by atoms with van der Waals surface area (Å²) in [5, 5.41) is 3.37. The molecule has 150 valence electrons. The number of nitrogens with two attached hydrogens (primary N) is 1. The molecule has 1 aliphatic rings. The minimum absolute atomic E-state index is 0.215. The number of benzene rings is 1. The number of rotatable bonds is 8. The summed E-state index contributed by atoms with van der Waals surface area (Å²) < 4.78 is 5.96. The third-order valence-electron chi connectivity index (χ3n) is 4.86. The maximum atomic E-state index is 11.2. The first-order valence-corrected chi connectivity index (χ1v) is 10.0. The molecule has 1 aromatic carbocycles. The molecular weight excluding hydrogens is 340 g/mol. The van der Waals surface area contributed by atoms with E-state index in [0.717, 1.165) is 50.6 Å². The zero-order chi connectivity index (χ0) is 19.6. The molecule has 1 heterocycles. The second kappa shape index (κ2) is 10.8. The zero-order valence-electron chi connectivity index (χ0n) is 17.0. The van der Waals surface area contributed by atoms with Crippen LogP contribution in [0.5, 0.6) is 5.75 Å². The second-order valence-electron chi connectivity index (χ2n) is 7.28. The molecule has 1 aromatic rings. The molecule has 6 nitrogen and oxygen atoms in total. The first-order valence-electron chi connectivity index (χ1n) is 10.0. The van der Waals surface area contributed by atoms with Crippen molar-refractivity contribution in [1.29, 1.82) is 0 Å². The van der Waals surface area contributed by atoms with Crippen LogP contribution in [0.15, 0.2) is 23.2 Å². The van der Waals surface area contributed by atoms with E-state index >= 15 is 0 Å². The number of aryl methyl sites for hydroxylation is 2. The number of nitrogens with zero attached hydrogens (tertiary/aromatic N) is 2. The molecule has 1 amide bonds. The van der Waals surface area contributed by atoms with Gasteiger partial charge in [-0.05, 0) is 50.7 Å². The highest BCUT2D eigenvalue weighted by molar-refractivity contribution is 5.80. The van der Waals surface area contributed by atoms with Gasteiger partial charge in [0.2, 0.25) is 5.91 Å². The van der Waals surface area contributed by atoms with Crippen LogP contribution in [0.25, 0.3) is 0 Å². The summed E-state index contributed by atoms with van der Waals surface area (Å²) >= 11 is 0. The minimum atomic E-state index is -0.215. The van der Waals surface area contributed by atoms with Crippen molar-refractivity contribution >= 4 is 11.9 Å². The Balaban J connectivity index is 1.85. The molecule has 3 N–H and O–H groups in total. The molecule has 0 saturated carbocycles. The fourth-order valence-corrected chi connectivity index (χ4v) is 3.58. The Hall–Kier alpha value is -2.24. The molecule has 0 spiro atoms. The average Bonchev–Trinajstić information content (AvgIpc) is 2.62. The van der Waals surface area contributed by atoms with E-state index in [4.69, 9.17) is 15.5 Å². The lowest BCUT2D eigenvalue weighted by Crippen LogP contribution is -2.47. The normalized spacial score (nSPS) is 17.7. The maximum Gasteiger partial charge on any atom is 0.217 e. The predicted molar refractivity (Wildman–Crippen MR) is 110 cm³/mol. The van der Waals surface area contributed by atoms with Crippen molar-refractivity contribution in [3.05, 3.63) is 29.3 Å². The molecule has 1 saturated heterocycles. The van der Waals surface area contributed by atoms with Gasteiger partial charge in [-0.1, -0.05) is 18.2 Å². The lowest BCUT2D eigenvalue weighted by Gasteiger charge is -2.34. The SMILES string of the molecule is CCNC(=NCCCOc1c(C)cccc1C)N1CCCC(CC(N)=O)C1. The smallest absolute Gasteiger partial charge is 0.217 e. The standard InChI is InChI=1S/C21H34N4O2/c1-4-23-21(25-12-6-10-18(15-25)14-19(22)26)24-11-7-13-27-20-16(2)8-5-9-17(20)3/h5,8-9,18H,4,6-7,10-15H2,1-3H3,(H2,22,26)(H,23,24). The molecule has 0 bridgehead atoms. The number of piperidine rings is 1. The van der Waals surface area contributed by atoms with Crippen LogP contribution in [0.4, 0.5) is 0 Å². The van der Waals surface area contributed by atoms with Gasteiger partial charge < -0.3 is 20.7 Å². The molecule has 0 radical (unpaired) electrons. The molecule has 2 rings (SSSR count). The summed E-state index contributed by atoms with van der Waals surface area (Å²) in [6, 6.07) is 6.19. The van der Waals surface area contributed by atoms with Gasteiger partial charge in [0, 0.05) is 39.0 Å². The Morgan fingerprint density at radius 2 is 2.11 bits per heavy atom. The third kappa shape index (κ3) is 6.77. The fraction of sp³-hybridized carbons (Fsp3) is 0.619. The lowest BCUT2D eigenvalue weighted by atomic mass is 9.95. The molecule has 1 atom stereocenters. The summed E-state index contributed by atoms with van der Waals surface area (Å²) in [4.78, 5) is 18.2. The van der Waals surface area contributed by atoms with Crippen LogP contribution in [-0.4, -0.2) is 49.6 Å². The van der Waals surface area contributed by atoms with Crippen molar-refractivity contribution < 1.29 is 9.53 Å². The van der Waals surface area contributed by atoms with Crippen LogP contribution < -0.4 is 15.8 Å². The van der Waals surface area contributed by atoms with E-state index in [1.54, 1.807) is 0 Å². The predicted octanol–water partition coefficient (Wildman–Crippen LogP) is 2.63. The van der Waals surface area contributed by atoms with Gasteiger partial charge in [0.25, 0.3) is 0 Å². The van der Waals surface area contributed by atoms with Crippen LogP contribution in [0.3, 0.4) is 0 Å². The molecular formula is C21H34N4O2. The van der Waals surface area contributed by atoms with Gasteiger partial charge in [-0.25, -0.2) is 0 Å². The highest BCUT2D eigenvalue weighted by Gasteiger charge is 2.23. The summed E-state index contributed by atoms with van der Waals surface area (Å²) in [6.07, 6.45) is 3.45. The van der Waals surface area contributed by atoms with E-state index < -0.39 is 0 Å². The number of carbonyl (C=O) groups is 1. The van der Waals surface area contributed by atoms with Gasteiger partial charge in [-0.2, -0.15) is 0 Å². The molecule has 6 heteroatoms. The summed E-state index contributed by atoms with van der Waals surface area (Å²) in [5.41, 5.74) is 7.70. The van der Waals surface area contributed by atoms with E-state index in [1.165, 1.54) is 11.1 Å². The van der Waals surface area contributed by atoms with Gasteiger partial charge in [-0.15, -0.1) is 0 Å². The Labute approximate surface area is 163 Å². The van der Waals surface area contributed by atoms with Crippen LogP contribution in [0.1, 0.15) is 43.7 Å². The second-order valence-corrected chi connectivity index (χ2v) is 7.28. The zero-order valence-corrected chi connectivity index (χ0v) is 17.0. The van der Waals surface area contributed by atoms with Gasteiger partial charge in [0.15, 0.2) is 5.96 Å². The fourth-order valence-electron chi connectivity index (χ4n) is 3.58. The Bertz CT molecular complexity index is 625. The number of aliphatic imine (C=N–C) groups is 1. The maximum absolute atomic E-state index is 11.2. The summed E-state index contributed by atoms with van der Waals surface area (Å²) in [6.45, 7) is 10.2. The van der Waals surface area contributed by atoms with E-state index in [0.29, 0.717) is 25.5 Å². The van der Waals surface area contributed by atoms with Crippen molar-refractivity contribution in [2.45, 2.75) is 46.5 Å². The highest BCUT2D eigenvalue weighted by Crippen LogP contribution is 2.22. The minimum Gasteiger partial charge on any atom is -0.493 e. The van der Waals surface area contributed by atoms with Crippen LogP contribution in [0.2, 0.25) is 0 Å². The van der Waals surface area contributed by atoms with E-state index in [1.807, 2.05) is 0 Å². The molecule has 1 unspecified atom stereocenters. The van der Waals surface area contributed by atoms with E-state index in [9.17, 15) is 4.79 Å². The number of ether oxygens (including phenoxy) is 1. The van der Waals surface area contributed by atoms with Crippen LogP contribution in [-0.2, 0) is 4.79 Å². The number of nitrogens with one attached hydrogen (secondary N) is 1. The number of likely N-dealkylation sites (tertiary alicyclic amines) is 1. The Kier molecular flexibility index (Phi) is 8.43. The molecule has 0 aromatic heterocycles. The van der Waals surface area contributed by atoms with Crippen molar-refractivity contribution in [3.63, 3.8) is 0 Å². The first kappa shape index (κ1) is 21.1. The first-order chi connectivity index (χ1) is 13.0. The number of primary amides is 1. The third-order valence-corrected chi connectivity index (χ3v) is 4.86. The van der Waals surface area contributed by atoms with Crippen LogP contribution >= 0.6 is 0 Å². The number of hydrogen-bond donors (Lipinski definition) is 2. The summed E-state index contributed by atoms with van der Waals surface area (Å²) in [7, 11) is 0. The quantitative estimate of drug-likeness (QED) is 0.416. The van der Waals surface area contributed by atoms with Gasteiger partial charge in [-0.3, -0.25) is 9.79 Å². The van der Waals surface area contributed by atoms with Crippen molar-refractivity contribution in [1.82, 2.24) is 10.2 Å². The largest absolute Gasteiger partial charge is 0.493 e. The topological polar surface area (TPSA) is 80.0 Å². The van der Waals surface area contributed by atoms with E-state index in [-0.39, 0.29) is 5.91 Å². The number of amides is 1. The van der Waals surface area contributed by atoms with Gasteiger partial charge in [0.1, 0.15) is 5.75 Å². The average molecular weight is 375 g/mol. The van der Waals surface area contributed by atoms with Crippen molar-refractivity contribution in [2.75, 3.05) is 32.8 Å². The molecule has 1 fully saturated rings. The Morgan fingerprint density at radius 1 is 1.37 bits per heavy atom. The van der Waals surface area contributed by atoms with Crippen molar-refractivity contribution in [2.24, 2.45) is 16.6 Å². The molecule has 27 heavy (non-hydrogen) atoms. The molecule has 1 aliphatic heterocycles. The van der Waals surface area contributed by atoms with E-state index in [2.05, 4.69) is 49.2 Å². The highest BCUT2D eigenvalue weighted by atomic mass is 16.5. The monoisotopic (exact) mass is 374 g/mol. The number of hydrogen-bond acceptors (Lipinski definition) is 3. The summed E-state index contributed by atoms with van der Waals surface area (Å²) in [5.74, 6) is 2.03. The lowest BCUT2D eigenvalue weighted by molar-refractivity contribution is -0.119. The number of guanidine groups is 1. The van der Waals surface area contributed by atoms with Crippen molar-refractivity contribution in [3.8, 4) is 5.75 Å². The number of para-hydroxylation sites is 1. The Morgan fingerprint density at radius 3 is 2.78 bits per heavy atom. The number of carbonyl (C=O) groups excluding carboxylic acids is 1.